The number of fused-ring (bicyclic) bond motifs is 1. The third-order valence-corrected chi connectivity index (χ3v) is 6.67. The van der Waals surface area contributed by atoms with E-state index in [1.54, 1.807) is 0 Å². The molecule has 0 radical (unpaired) electrons. The Kier molecular flexibility index (Phi) is 7.46. The van der Waals surface area contributed by atoms with Gasteiger partial charge in [0.2, 0.25) is 5.82 Å². The first-order valence-electron chi connectivity index (χ1n) is 12.5. The predicted molar refractivity (Wildman–Crippen MR) is 140 cm³/mol. The van der Waals surface area contributed by atoms with E-state index in [2.05, 4.69) is 4.74 Å². The van der Waals surface area contributed by atoms with Crippen molar-refractivity contribution in [1.29, 1.82) is 0 Å². The van der Waals surface area contributed by atoms with Crippen LogP contribution in [0.4, 0.5) is 35.1 Å². The van der Waals surface area contributed by atoms with Crippen LogP contribution in [0.15, 0.2) is 78.9 Å². The monoisotopic (exact) mass is 572 g/mol. The Bertz CT molecular complexity index is 1750. The van der Waals surface area contributed by atoms with Crippen LogP contribution in [0.2, 0.25) is 0 Å². The van der Waals surface area contributed by atoms with Crippen molar-refractivity contribution in [2.75, 3.05) is 0 Å². The van der Waals surface area contributed by atoms with Gasteiger partial charge in [0.05, 0.1) is 10.9 Å². The maximum absolute atomic E-state index is 15.0. The molecule has 0 N–H and O–H groups in total. The van der Waals surface area contributed by atoms with Crippen LogP contribution < -0.4 is 4.74 Å². The molecule has 5 aromatic rings. The summed E-state index contributed by atoms with van der Waals surface area (Å²) >= 11 is 0. The summed E-state index contributed by atoms with van der Waals surface area (Å²) in [4.78, 5) is 0. The number of halogens is 8. The van der Waals surface area contributed by atoms with Crippen molar-refractivity contribution < 1.29 is 39.9 Å². The van der Waals surface area contributed by atoms with Gasteiger partial charge in [-0.1, -0.05) is 49.7 Å². The largest absolute Gasteiger partial charge is 0.426 e. The molecular weight excluding hydrogens is 552 g/mol. The van der Waals surface area contributed by atoms with Gasteiger partial charge in [0.15, 0.2) is 29.0 Å². The van der Waals surface area contributed by atoms with Crippen molar-refractivity contribution in [3.05, 3.63) is 125 Å². The summed E-state index contributed by atoms with van der Waals surface area (Å²) in [5, 5.41) is -0.916. The molecule has 41 heavy (non-hydrogen) atoms. The molecule has 1 nitrogen and oxygen atoms in total. The van der Waals surface area contributed by atoms with Gasteiger partial charge < -0.3 is 4.74 Å². The summed E-state index contributed by atoms with van der Waals surface area (Å²) in [6.45, 7) is 1.95. The minimum atomic E-state index is -3.92. The zero-order chi connectivity index (χ0) is 29.5. The van der Waals surface area contributed by atoms with Gasteiger partial charge in [-0.25, -0.2) is 22.0 Å². The number of hydrogen-bond acceptors (Lipinski definition) is 1. The number of benzene rings is 5. The zero-order valence-corrected chi connectivity index (χ0v) is 21.4. The zero-order valence-electron chi connectivity index (χ0n) is 21.4. The lowest BCUT2D eigenvalue weighted by atomic mass is 9.97. The fourth-order valence-electron chi connectivity index (χ4n) is 4.58. The van der Waals surface area contributed by atoms with E-state index in [1.165, 1.54) is 54.6 Å². The van der Waals surface area contributed by atoms with Crippen molar-refractivity contribution in [3.63, 3.8) is 0 Å². The van der Waals surface area contributed by atoms with E-state index in [0.29, 0.717) is 18.1 Å². The van der Waals surface area contributed by atoms with Crippen LogP contribution in [0.3, 0.4) is 0 Å². The molecule has 0 unspecified atom stereocenters. The number of rotatable bonds is 7. The molecular formula is C32H20F8O. The molecule has 0 heterocycles. The van der Waals surface area contributed by atoms with E-state index in [9.17, 15) is 35.1 Å². The average molecular weight is 572 g/mol. The number of ether oxygens (including phenoxy) is 1. The second kappa shape index (κ2) is 10.9. The number of hydrogen-bond donors (Lipinski definition) is 0. The molecule has 0 aromatic heterocycles. The van der Waals surface area contributed by atoms with Crippen molar-refractivity contribution in [2.24, 2.45) is 0 Å². The van der Waals surface area contributed by atoms with Gasteiger partial charge in [-0.2, -0.15) is 13.2 Å². The summed E-state index contributed by atoms with van der Waals surface area (Å²) < 4.78 is 120. The molecule has 0 saturated heterocycles. The van der Waals surface area contributed by atoms with Gasteiger partial charge in [0.1, 0.15) is 5.82 Å². The Labute approximate surface area is 229 Å². The van der Waals surface area contributed by atoms with Crippen LogP contribution in [0.1, 0.15) is 24.5 Å². The van der Waals surface area contributed by atoms with E-state index in [4.69, 9.17) is 0 Å². The molecule has 9 heteroatoms. The molecule has 0 fully saturated rings. The summed E-state index contributed by atoms with van der Waals surface area (Å²) in [6, 6.07) is 15.8. The molecule has 0 saturated carbocycles. The molecule has 5 rings (SSSR count). The topological polar surface area (TPSA) is 9.23 Å². The minimum absolute atomic E-state index is 0.162. The average Bonchev–Trinajstić information content (AvgIpc) is 2.94. The first kappa shape index (κ1) is 28.1. The fourth-order valence-corrected chi connectivity index (χ4v) is 4.58. The third-order valence-electron chi connectivity index (χ3n) is 6.67. The second-order valence-corrected chi connectivity index (χ2v) is 9.42. The first-order chi connectivity index (χ1) is 19.5. The Morgan fingerprint density at radius 2 is 1.27 bits per heavy atom. The Hall–Kier alpha value is -4.40. The molecule has 210 valence electrons. The van der Waals surface area contributed by atoms with E-state index in [1.807, 2.05) is 6.92 Å². The van der Waals surface area contributed by atoms with Gasteiger partial charge in [-0.3, -0.25) is 0 Å². The van der Waals surface area contributed by atoms with Crippen LogP contribution in [0, 0.1) is 34.9 Å². The predicted octanol–water partition coefficient (Wildman–Crippen LogP) is 10.1. The SMILES string of the molecule is CCCc1ccc(C(F)(F)Oc2ccc(-c3ccc(-c4cc(F)c5c(F)c(F)c(F)cc5c4)cc3)c(F)c2F)cc1. The Morgan fingerprint density at radius 3 is 1.93 bits per heavy atom. The summed E-state index contributed by atoms with van der Waals surface area (Å²) in [5.74, 6) is -10.0. The van der Waals surface area contributed by atoms with Crippen LogP contribution in [-0.4, -0.2) is 0 Å². The van der Waals surface area contributed by atoms with Crippen molar-refractivity contribution in [1.82, 2.24) is 0 Å². The van der Waals surface area contributed by atoms with E-state index >= 15 is 0 Å². The van der Waals surface area contributed by atoms with E-state index < -0.39 is 57.7 Å². The van der Waals surface area contributed by atoms with E-state index in [-0.39, 0.29) is 22.1 Å². The minimum Gasteiger partial charge on any atom is -0.426 e. The van der Waals surface area contributed by atoms with Crippen LogP contribution >= 0.6 is 0 Å². The summed E-state index contributed by atoms with van der Waals surface area (Å²) in [7, 11) is 0. The standard InChI is InChI=1S/C32H20F8O/c1-2-3-17-4-10-22(11-5-17)32(39,40)41-26-13-12-23(28(35)30(26)37)19-8-6-18(7-9-19)20-14-21-16-25(34)29(36)31(38)27(21)24(33)15-20/h4-16H,2-3H2,1H3. The number of aryl methyl sites for hydroxylation is 1. The van der Waals surface area contributed by atoms with Crippen LogP contribution in [0.25, 0.3) is 33.0 Å². The smallest absolute Gasteiger partial charge is 0.426 e. The molecule has 0 aliphatic carbocycles. The highest BCUT2D eigenvalue weighted by atomic mass is 19.3. The van der Waals surface area contributed by atoms with Crippen molar-refractivity contribution in [2.45, 2.75) is 25.9 Å². The van der Waals surface area contributed by atoms with Crippen LogP contribution in [0.5, 0.6) is 5.75 Å². The Balaban J connectivity index is 1.41. The normalized spacial score (nSPS) is 11.7. The highest BCUT2D eigenvalue weighted by Crippen LogP contribution is 2.37. The molecule has 0 atom stereocenters. The molecule has 0 spiro atoms. The van der Waals surface area contributed by atoms with Gasteiger partial charge in [-0.05, 0) is 76.5 Å². The van der Waals surface area contributed by atoms with Gasteiger partial charge in [-0.15, -0.1) is 0 Å². The molecule has 0 amide bonds. The van der Waals surface area contributed by atoms with Crippen LogP contribution in [-0.2, 0) is 12.5 Å². The lowest BCUT2D eigenvalue weighted by molar-refractivity contribution is -0.187. The maximum Gasteiger partial charge on any atom is 0.426 e. The Morgan fingerprint density at radius 1 is 0.610 bits per heavy atom. The fraction of sp³-hybridized carbons (Fsp3) is 0.125. The van der Waals surface area contributed by atoms with Gasteiger partial charge in [0, 0.05) is 5.56 Å². The van der Waals surface area contributed by atoms with Gasteiger partial charge in [0.25, 0.3) is 0 Å². The summed E-state index contributed by atoms with van der Waals surface area (Å²) in [5.41, 5.74) is 0.784. The summed E-state index contributed by atoms with van der Waals surface area (Å²) in [6.07, 6.45) is -2.39. The molecule has 0 aliphatic heterocycles. The van der Waals surface area contributed by atoms with E-state index in [0.717, 1.165) is 30.2 Å². The quantitative estimate of drug-likeness (QED) is 0.139. The van der Waals surface area contributed by atoms with Crippen molar-refractivity contribution >= 4 is 10.8 Å². The molecule has 0 aliphatic rings. The third kappa shape index (κ3) is 5.36. The lowest BCUT2D eigenvalue weighted by Gasteiger charge is -2.19. The highest BCUT2D eigenvalue weighted by Gasteiger charge is 2.36. The maximum atomic E-state index is 15.0. The first-order valence-corrected chi connectivity index (χ1v) is 12.5. The van der Waals surface area contributed by atoms with Gasteiger partial charge >= 0.3 is 6.11 Å². The molecule has 0 bridgehead atoms. The molecule has 5 aromatic carbocycles. The number of alkyl halides is 2. The lowest BCUT2D eigenvalue weighted by Crippen LogP contribution is -2.22. The second-order valence-electron chi connectivity index (χ2n) is 9.42. The van der Waals surface area contributed by atoms with Crippen molar-refractivity contribution in [3.8, 4) is 28.0 Å². The highest BCUT2D eigenvalue weighted by molar-refractivity contribution is 5.89.